The highest BCUT2D eigenvalue weighted by molar-refractivity contribution is 9.10. The Hall–Kier alpha value is -4.62. The van der Waals surface area contributed by atoms with Gasteiger partial charge in [-0.2, -0.15) is 0 Å². The molecule has 244 valence electrons. The minimum absolute atomic E-state index is 0.0212. The van der Waals surface area contributed by atoms with Crippen molar-refractivity contribution < 1.29 is 28.2 Å². The average molecular weight is 727 g/mol. The van der Waals surface area contributed by atoms with Crippen molar-refractivity contribution in [2.45, 2.75) is 51.6 Å². The third kappa shape index (κ3) is 6.91. The number of fused-ring (bicyclic) bond motifs is 1. The second-order valence-electron chi connectivity index (χ2n) is 11.3. The van der Waals surface area contributed by atoms with Crippen LogP contribution in [0.2, 0.25) is 5.02 Å². The molecule has 1 saturated carbocycles. The maximum absolute atomic E-state index is 15.0. The van der Waals surface area contributed by atoms with E-state index in [1.807, 2.05) is 0 Å². The lowest BCUT2D eigenvalue weighted by atomic mass is 10.1. The molecule has 0 radical (unpaired) electrons. The highest BCUT2D eigenvalue weighted by Gasteiger charge is 2.32. The van der Waals surface area contributed by atoms with Gasteiger partial charge in [-0.05, 0) is 84.2 Å². The van der Waals surface area contributed by atoms with Crippen LogP contribution in [0.3, 0.4) is 0 Å². The normalized spacial score (nSPS) is 14.7. The lowest BCUT2D eigenvalue weighted by Gasteiger charge is -2.28. The van der Waals surface area contributed by atoms with Gasteiger partial charge in [0.2, 0.25) is 0 Å². The molecule has 1 aliphatic heterocycles. The first-order valence-corrected chi connectivity index (χ1v) is 16.1. The van der Waals surface area contributed by atoms with Crippen LogP contribution in [0.1, 0.15) is 51.9 Å². The van der Waals surface area contributed by atoms with Crippen molar-refractivity contribution in [3.63, 3.8) is 0 Å². The Morgan fingerprint density at radius 1 is 1.06 bits per heavy atom. The fourth-order valence-electron chi connectivity index (χ4n) is 5.24. The topological polar surface area (TPSA) is 138 Å². The summed E-state index contributed by atoms with van der Waals surface area (Å²) in [6.45, 7) is 1.58. The first-order valence-electron chi connectivity index (χ1n) is 14.9. The third-order valence-corrected chi connectivity index (χ3v) is 9.18. The predicted octanol–water partition coefficient (Wildman–Crippen LogP) is 4.57. The van der Waals surface area contributed by atoms with Crippen LogP contribution in [0.25, 0.3) is 5.69 Å². The number of carbonyl (C=O) groups is 3. The molecule has 1 aliphatic carbocycles. The zero-order valence-corrected chi connectivity index (χ0v) is 27.5. The number of carbonyl (C=O) groups excluding carboxylic acids is 3. The number of primary amides is 1. The van der Waals surface area contributed by atoms with E-state index >= 15 is 0 Å². The van der Waals surface area contributed by atoms with E-state index in [1.165, 1.54) is 28.2 Å². The molecule has 3 N–H and O–H groups in total. The van der Waals surface area contributed by atoms with Crippen molar-refractivity contribution >= 4 is 45.3 Å². The van der Waals surface area contributed by atoms with E-state index in [-0.39, 0.29) is 55.2 Å². The summed E-state index contributed by atoms with van der Waals surface area (Å²) >= 11 is 9.57. The maximum atomic E-state index is 15.0. The fraction of sp³-hybridized carbons (Fsp3) is 0.273. The number of nitrogens with one attached hydrogen (secondary N) is 1. The molecule has 4 aromatic rings. The largest absolute Gasteiger partial charge is 0.490 e. The Labute approximate surface area is 282 Å². The molecular formula is C33H30BrClFN5O6. The number of imidazole rings is 1. The fourth-order valence-corrected chi connectivity index (χ4v) is 5.66. The van der Waals surface area contributed by atoms with E-state index < -0.39 is 29.4 Å². The number of halogens is 3. The van der Waals surface area contributed by atoms with E-state index in [1.54, 1.807) is 47.4 Å². The summed E-state index contributed by atoms with van der Waals surface area (Å²) in [5.74, 6) is -1.57. The standard InChI is InChI=1S/C33H30BrClFN5O6/c1-18(30(37)42)46-24-6-2-20(27(36)15-24)16-38-31(43)29-28-17-39(32(44)19-3-11-25(34)26(35)14-19)12-13-40(28)33(45)41(29)21-4-7-22(8-5-21)47-23-9-10-23/h2-8,11,14-15,18,23H,9-10,12-13,16-17H2,1H3,(H2,37,42)(H,38,43)/t18-/m1/s1. The average Bonchev–Trinajstić information content (AvgIpc) is 3.82. The third-order valence-electron chi connectivity index (χ3n) is 7.95. The smallest absolute Gasteiger partial charge is 0.333 e. The minimum atomic E-state index is -0.959. The molecule has 47 heavy (non-hydrogen) atoms. The maximum Gasteiger partial charge on any atom is 0.333 e. The number of hydrogen-bond acceptors (Lipinski definition) is 6. The molecule has 1 fully saturated rings. The van der Waals surface area contributed by atoms with Crippen molar-refractivity contribution in [2.75, 3.05) is 6.54 Å². The molecule has 0 bridgehead atoms. The Bertz CT molecular complexity index is 1940. The van der Waals surface area contributed by atoms with Crippen LogP contribution < -0.4 is 26.2 Å². The second-order valence-corrected chi connectivity index (χ2v) is 12.6. The summed E-state index contributed by atoms with van der Waals surface area (Å²) < 4.78 is 29.6. The van der Waals surface area contributed by atoms with Crippen molar-refractivity contribution in [1.82, 2.24) is 19.4 Å². The van der Waals surface area contributed by atoms with Gasteiger partial charge in [0.25, 0.3) is 17.7 Å². The molecule has 2 heterocycles. The van der Waals surface area contributed by atoms with Gasteiger partial charge in [0.05, 0.1) is 29.1 Å². The number of nitrogens with two attached hydrogens (primary N) is 1. The molecule has 3 aromatic carbocycles. The van der Waals surface area contributed by atoms with E-state index in [0.29, 0.717) is 32.2 Å². The molecule has 14 heteroatoms. The highest BCUT2D eigenvalue weighted by atomic mass is 79.9. The predicted molar refractivity (Wildman–Crippen MR) is 174 cm³/mol. The molecule has 6 rings (SSSR count). The van der Waals surface area contributed by atoms with Gasteiger partial charge in [-0.25, -0.2) is 9.18 Å². The molecule has 11 nitrogen and oxygen atoms in total. The molecule has 2 aliphatic rings. The molecule has 0 saturated heterocycles. The zero-order chi connectivity index (χ0) is 33.4. The first kappa shape index (κ1) is 32.3. The summed E-state index contributed by atoms with van der Waals surface area (Å²) in [6.07, 6.45) is 1.20. The van der Waals surface area contributed by atoms with E-state index in [4.69, 9.17) is 26.8 Å². The Kier molecular flexibility index (Phi) is 9.11. The molecule has 1 aromatic heterocycles. The van der Waals surface area contributed by atoms with Gasteiger partial charge in [-0.15, -0.1) is 0 Å². The Morgan fingerprint density at radius 3 is 2.45 bits per heavy atom. The van der Waals surface area contributed by atoms with Crippen LogP contribution >= 0.6 is 27.5 Å². The number of ether oxygens (including phenoxy) is 2. The molecular weight excluding hydrogens is 697 g/mol. The van der Waals surface area contributed by atoms with Crippen molar-refractivity contribution in [2.24, 2.45) is 5.73 Å². The summed E-state index contributed by atoms with van der Waals surface area (Å²) in [4.78, 5) is 54.1. The van der Waals surface area contributed by atoms with Crippen molar-refractivity contribution in [1.29, 1.82) is 0 Å². The number of nitrogens with zero attached hydrogens (tertiary/aromatic N) is 3. The van der Waals surface area contributed by atoms with Gasteiger partial charge in [0.15, 0.2) is 6.10 Å². The zero-order valence-electron chi connectivity index (χ0n) is 25.2. The number of hydrogen-bond donors (Lipinski definition) is 2. The van der Waals surface area contributed by atoms with Gasteiger partial charge >= 0.3 is 5.69 Å². The molecule has 1 atom stereocenters. The lowest BCUT2D eigenvalue weighted by Crippen LogP contribution is -2.41. The van der Waals surface area contributed by atoms with Crippen LogP contribution in [-0.4, -0.2) is 50.5 Å². The van der Waals surface area contributed by atoms with Crippen LogP contribution in [0.15, 0.2) is 69.9 Å². The summed E-state index contributed by atoms with van der Waals surface area (Å²) in [5.41, 5.74) is 6.06. The molecule has 0 unspecified atom stereocenters. The number of amides is 3. The van der Waals surface area contributed by atoms with Gasteiger partial charge in [-0.1, -0.05) is 17.7 Å². The van der Waals surface area contributed by atoms with Crippen LogP contribution in [0.5, 0.6) is 11.5 Å². The van der Waals surface area contributed by atoms with Gasteiger partial charge in [-0.3, -0.25) is 23.5 Å². The summed E-state index contributed by atoms with van der Waals surface area (Å²) in [6, 6.07) is 15.7. The second kappa shape index (κ2) is 13.2. The van der Waals surface area contributed by atoms with Crippen molar-refractivity contribution in [3.8, 4) is 17.2 Å². The van der Waals surface area contributed by atoms with E-state index in [0.717, 1.165) is 18.9 Å². The number of aromatic nitrogens is 2. The van der Waals surface area contributed by atoms with E-state index in [2.05, 4.69) is 21.2 Å². The van der Waals surface area contributed by atoms with Crippen molar-refractivity contribution in [3.05, 3.63) is 109 Å². The van der Waals surface area contributed by atoms with Crippen LogP contribution in [-0.2, 0) is 24.4 Å². The Balaban J connectivity index is 1.31. The van der Waals surface area contributed by atoms with Gasteiger partial charge < -0.3 is 25.4 Å². The van der Waals surface area contributed by atoms with E-state index in [9.17, 15) is 23.6 Å². The number of rotatable bonds is 10. The summed E-state index contributed by atoms with van der Waals surface area (Å²) in [5, 5.41) is 3.10. The Morgan fingerprint density at radius 2 is 1.79 bits per heavy atom. The quantitative estimate of drug-likeness (QED) is 0.246. The monoisotopic (exact) mass is 725 g/mol. The van der Waals surface area contributed by atoms with Gasteiger partial charge in [0, 0.05) is 41.3 Å². The van der Waals surface area contributed by atoms with Gasteiger partial charge in [0.1, 0.15) is 23.0 Å². The first-order chi connectivity index (χ1) is 22.5. The number of benzene rings is 3. The van der Waals surface area contributed by atoms with Crippen LogP contribution in [0, 0.1) is 5.82 Å². The van der Waals surface area contributed by atoms with Crippen LogP contribution in [0.4, 0.5) is 4.39 Å². The summed E-state index contributed by atoms with van der Waals surface area (Å²) in [7, 11) is 0. The highest BCUT2D eigenvalue weighted by Crippen LogP contribution is 2.29. The minimum Gasteiger partial charge on any atom is -0.490 e. The molecule has 0 spiro atoms. The SMILES string of the molecule is C[C@@H](Oc1ccc(CNC(=O)c2c3n(c(=O)n2-c2ccc(OC4CC4)cc2)CCN(C(=O)c2ccc(Br)c(Cl)c2)C3)c(F)c1)C(N)=O. The molecule has 3 amide bonds. The lowest BCUT2D eigenvalue weighted by molar-refractivity contribution is -0.124.